The average molecular weight is 519 g/mol. The Bertz CT molecular complexity index is 1220. The van der Waals surface area contributed by atoms with E-state index < -0.39 is 5.60 Å². The van der Waals surface area contributed by atoms with Gasteiger partial charge in [-0.1, -0.05) is 36.4 Å². The molecule has 0 unspecified atom stereocenters. The number of phenols is 1. The Hall–Kier alpha value is -3.69. The number of nitrogens with one attached hydrogen (secondary N) is 1. The summed E-state index contributed by atoms with van der Waals surface area (Å²) in [6, 6.07) is 17.3. The van der Waals surface area contributed by atoms with E-state index in [4.69, 9.17) is 10.5 Å². The number of carbonyl (C=O) groups excluding carboxylic acids is 1. The largest absolute Gasteiger partial charge is 0.507 e. The quantitative estimate of drug-likeness (QED) is 0.381. The molecule has 1 saturated heterocycles. The van der Waals surface area contributed by atoms with Crippen LogP contribution in [0, 0.1) is 0 Å². The summed E-state index contributed by atoms with van der Waals surface area (Å²) in [4.78, 5) is 16.7. The Balaban J connectivity index is 1.25. The van der Waals surface area contributed by atoms with Gasteiger partial charge in [-0.25, -0.2) is 4.79 Å². The van der Waals surface area contributed by atoms with E-state index in [0.717, 1.165) is 56.8 Å². The number of nitrogen functional groups attached to an aromatic ring is 1. The summed E-state index contributed by atoms with van der Waals surface area (Å²) in [5.74, 6) is 0.514. The lowest BCUT2D eigenvalue weighted by Crippen LogP contribution is -2.46. The lowest BCUT2D eigenvalue weighted by Gasteiger charge is -2.34. The molecule has 2 heterocycles. The summed E-state index contributed by atoms with van der Waals surface area (Å²) in [5.41, 5.74) is 9.87. The topological polar surface area (TPSA) is 117 Å². The molecule has 38 heavy (non-hydrogen) atoms. The molecule has 0 radical (unpaired) electrons. The van der Waals surface area contributed by atoms with Gasteiger partial charge in [0.25, 0.3) is 0 Å². The molecule has 1 aromatic heterocycles. The van der Waals surface area contributed by atoms with Crippen LogP contribution in [0.1, 0.15) is 32.8 Å². The van der Waals surface area contributed by atoms with Gasteiger partial charge in [0.05, 0.1) is 5.69 Å². The van der Waals surface area contributed by atoms with Crippen molar-refractivity contribution in [2.75, 3.05) is 45.0 Å². The number of carbonyl (C=O) groups is 1. The highest BCUT2D eigenvalue weighted by Crippen LogP contribution is 2.32. The summed E-state index contributed by atoms with van der Waals surface area (Å²) in [5, 5.41) is 21.3. The number of aromatic hydroxyl groups is 1. The minimum absolute atomic E-state index is 0.158. The number of nitrogens with zero attached hydrogens (tertiary/aromatic N) is 4. The van der Waals surface area contributed by atoms with Crippen molar-refractivity contribution >= 4 is 11.9 Å². The molecule has 4 N–H and O–H groups in total. The van der Waals surface area contributed by atoms with Gasteiger partial charge >= 0.3 is 6.09 Å². The van der Waals surface area contributed by atoms with E-state index in [1.165, 1.54) is 5.56 Å². The number of rotatable bonds is 8. The fourth-order valence-corrected chi connectivity index (χ4v) is 4.48. The standard InChI is InChI=1S/C29H38N6O3/c1-29(2,3)38-28(37)31-13-6-14-34-15-17-35(18-16-34)20-21-9-11-22(12-10-21)24-19-25(32-33-27(24)30)23-7-4-5-8-26(23)36/h4-5,7-12,19,36H,6,13-18,20H2,1-3H3,(H2,30,33)(H,31,37). The van der Waals surface area contributed by atoms with E-state index in [2.05, 4.69) is 49.6 Å². The second-order valence-corrected chi connectivity index (χ2v) is 10.6. The molecule has 4 rings (SSSR count). The van der Waals surface area contributed by atoms with Gasteiger partial charge in [-0.15, -0.1) is 10.2 Å². The summed E-state index contributed by atoms with van der Waals surface area (Å²) < 4.78 is 5.27. The Kier molecular flexibility index (Phi) is 8.81. The maximum atomic E-state index is 11.8. The van der Waals surface area contributed by atoms with Crippen LogP contribution in [0.3, 0.4) is 0 Å². The third-order valence-electron chi connectivity index (χ3n) is 6.46. The van der Waals surface area contributed by atoms with Gasteiger partial charge in [-0.2, -0.15) is 0 Å². The molecule has 202 valence electrons. The number of ether oxygens (including phenoxy) is 1. The van der Waals surface area contributed by atoms with E-state index in [1.807, 2.05) is 39.0 Å². The number of benzene rings is 2. The van der Waals surface area contributed by atoms with Crippen LogP contribution in [0.5, 0.6) is 5.75 Å². The van der Waals surface area contributed by atoms with Gasteiger partial charge in [0.2, 0.25) is 0 Å². The lowest BCUT2D eigenvalue weighted by molar-refractivity contribution is 0.0524. The van der Waals surface area contributed by atoms with Crippen molar-refractivity contribution in [1.29, 1.82) is 0 Å². The van der Waals surface area contributed by atoms with Crippen molar-refractivity contribution in [2.24, 2.45) is 0 Å². The normalized spacial score (nSPS) is 14.8. The van der Waals surface area contributed by atoms with Crippen molar-refractivity contribution in [2.45, 2.75) is 39.3 Å². The monoisotopic (exact) mass is 518 g/mol. The fraction of sp³-hybridized carbons (Fsp3) is 0.414. The van der Waals surface area contributed by atoms with Crippen molar-refractivity contribution in [1.82, 2.24) is 25.3 Å². The fourth-order valence-electron chi connectivity index (χ4n) is 4.48. The number of para-hydroxylation sites is 1. The van der Waals surface area contributed by atoms with Gasteiger partial charge in [0.15, 0.2) is 5.82 Å². The highest BCUT2D eigenvalue weighted by atomic mass is 16.6. The van der Waals surface area contributed by atoms with Crippen LogP contribution in [0.4, 0.5) is 10.6 Å². The molecule has 3 aromatic rings. The van der Waals surface area contributed by atoms with E-state index in [-0.39, 0.29) is 11.8 Å². The lowest BCUT2D eigenvalue weighted by atomic mass is 10.0. The predicted molar refractivity (Wildman–Crippen MR) is 150 cm³/mol. The number of anilines is 1. The van der Waals surface area contributed by atoms with Crippen LogP contribution in [0.15, 0.2) is 54.6 Å². The number of piperazine rings is 1. The molecule has 0 atom stereocenters. The molecule has 0 saturated carbocycles. The molecule has 1 fully saturated rings. The van der Waals surface area contributed by atoms with Gasteiger partial charge in [-0.05, 0) is 63.1 Å². The number of alkyl carbamates (subject to hydrolysis) is 1. The molecule has 0 spiro atoms. The molecule has 0 bridgehead atoms. The van der Waals surface area contributed by atoms with E-state index >= 15 is 0 Å². The first-order valence-electron chi connectivity index (χ1n) is 13.1. The zero-order valence-electron chi connectivity index (χ0n) is 22.5. The first-order chi connectivity index (χ1) is 18.2. The summed E-state index contributed by atoms with van der Waals surface area (Å²) in [6.45, 7) is 12.1. The van der Waals surface area contributed by atoms with Crippen molar-refractivity contribution in [3.8, 4) is 28.1 Å². The summed E-state index contributed by atoms with van der Waals surface area (Å²) >= 11 is 0. The number of amides is 1. The molecule has 9 heteroatoms. The number of hydrogen-bond donors (Lipinski definition) is 3. The van der Waals surface area contributed by atoms with Crippen LogP contribution >= 0.6 is 0 Å². The number of hydrogen-bond acceptors (Lipinski definition) is 8. The smallest absolute Gasteiger partial charge is 0.407 e. The molecule has 1 amide bonds. The van der Waals surface area contributed by atoms with Crippen LogP contribution in [-0.4, -0.2) is 76.1 Å². The molecule has 0 aliphatic carbocycles. The average Bonchev–Trinajstić information content (AvgIpc) is 2.88. The van der Waals surface area contributed by atoms with Gasteiger partial charge in [-0.3, -0.25) is 4.90 Å². The van der Waals surface area contributed by atoms with Crippen LogP contribution in [0.25, 0.3) is 22.4 Å². The van der Waals surface area contributed by atoms with Crippen LogP contribution < -0.4 is 11.1 Å². The first-order valence-corrected chi connectivity index (χ1v) is 13.1. The SMILES string of the molecule is CC(C)(C)OC(=O)NCCCN1CCN(Cc2ccc(-c3cc(-c4ccccc4O)nnc3N)cc2)CC1. The van der Waals surface area contributed by atoms with Crippen LogP contribution in [-0.2, 0) is 11.3 Å². The minimum atomic E-state index is -0.471. The maximum absolute atomic E-state index is 11.8. The van der Waals surface area contributed by atoms with Crippen molar-refractivity contribution < 1.29 is 14.6 Å². The van der Waals surface area contributed by atoms with Gasteiger partial charge in [0, 0.05) is 50.4 Å². The van der Waals surface area contributed by atoms with E-state index in [9.17, 15) is 9.90 Å². The molecule has 1 aliphatic heterocycles. The highest BCUT2D eigenvalue weighted by molar-refractivity contribution is 5.79. The second-order valence-electron chi connectivity index (χ2n) is 10.6. The number of phenolic OH excluding ortho intramolecular Hbond substituents is 1. The molecular weight excluding hydrogens is 480 g/mol. The summed E-state index contributed by atoms with van der Waals surface area (Å²) in [7, 11) is 0. The molecule has 9 nitrogen and oxygen atoms in total. The minimum Gasteiger partial charge on any atom is -0.507 e. The van der Waals surface area contributed by atoms with Gasteiger partial charge < -0.3 is 25.8 Å². The Morgan fingerprint density at radius 3 is 2.37 bits per heavy atom. The third kappa shape index (κ3) is 7.66. The summed E-state index contributed by atoms with van der Waals surface area (Å²) in [6.07, 6.45) is 0.548. The Morgan fingerprint density at radius 1 is 1.00 bits per heavy atom. The van der Waals surface area contributed by atoms with Crippen molar-refractivity contribution in [3.63, 3.8) is 0 Å². The molecular formula is C29H38N6O3. The van der Waals surface area contributed by atoms with Crippen molar-refractivity contribution in [3.05, 3.63) is 60.2 Å². The Labute approximate surface area is 224 Å². The maximum Gasteiger partial charge on any atom is 0.407 e. The highest BCUT2D eigenvalue weighted by Gasteiger charge is 2.18. The number of aromatic nitrogens is 2. The number of nitrogens with two attached hydrogens (primary N) is 1. The van der Waals surface area contributed by atoms with Gasteiger partial charge in [0.1, 0.15) is 11.4 Å². The zero-order valence-corrected chi connectivity index (χ0v) is 22.5. The first kappa shape index (κ1) is 27.3. The molecule has 1 aliphatic rings. The molecule has 2 aromatic carbocycles. The Morgan fingerprint density at radius 2 is 1.68 bits per heavy atom. The van der Waals surface area contributed by atoms with E-state index in [1.54, 1.807) is 12.1 Å². The predicted octanol–water partition coefficient (Wildman–Crippen LogP) is 4.13. The second kappa shape index (κ2) is 12.2. The zero-order chi connectivity index (χ0) is 27.1. The van der Waals surface area contributed by atoms with Crippen LogP contribution in [0.2, 0.25) is 0 Å². The van der Waals surface area contributed by atoms with E-state index in [0.29, 0.717) is 23.6 Å². The third-order valence-corrected chi connectivity index (χ3v) is 6.46.